The van der Waals surface area contributed by atoms with Crippen LogP contribution < -0.4 is 0 Å². The summed E-state index contributed by atoms with van der Waals surface area (Å²) in [5.41, 5.74) is -0.128. The Balaban J connectivity index is 2.82. The van der Waals surface area contributed by atoms with Gasteiger partial charge in [0.2, 0.25) is 0 Å². The molecule has 0 aliphatic heterocycles. The Morgan fingerprint density at radius 1 is 1.40 bits per heavy atom. The molecule has 78 valence electrons. The Kier molecular flexibility index (Phi) is 1.68. The van der Waals surface area contributed by atoms with Gasteiger partial charge in [0, 0.05) is 0 Å². The second kappa shape index (κ2) is 2.77. The lowest BCUT2D eigenvalue weighted by Crippen LogP contribution is -1.95. The zero-order chi connectivity index (χ0) is 11.2. The molecular formula is C6H5N5O4. The summed E-state index contributed by atoms with van der Waals surface area (Å²) in [5, 5.41) is 23.4. The van der Waals surface area contributed by atoms with Gasteiger partial charge in [0.25, 0.3) is 5.65 Å². The fourth-order valence-electron chi connectivity index (χ4n) is 1.32. The molecule has 0 unspecified atom stereocenters. The molecule has 0 saturated carbocycles. The van der Waals surface area contributed by atoms with Gasteiger partial charge in [-0.1, -0.05) is 0 Å². The summed E-state index contributed by atoms with van der Waals surface area (Å²) >= 11 is 0. The maximum absolute atomic E-state index is 10.6. The fourth-order valence-corrected chi connectivity index (χ4v) is 1.32. The zero-order valence-electron chi connectivity index (χ0n) is 7.50. The first-order valence-corrected chi connectivity index (χ1v) is 3.87. The molecule has 9 heteroatoms. The molecule has 2 rings (SSSR count). The molecule has 0 aromatic carbocycles. The maximum Gasteiger partial charge on any atom is 0.422 e. The predicted molar refractivity (Wildman–Crippen MR) is 47.6 cm³/mol. The molecule has 0 saturated heterocycles. The topological polar surface area (TPSA) is 119 Å². The molecule has 2 aromatic rings. The van der Waals surface area contributed by atoms with Crippen molar-refractivity contribution in [3.8, 4) is 0 Å². The molecule has 2 aromatic heterocycles. The lowest BCUT2D eigenvalue weighted by molar-refractivity contribution is -0.423. The monoisotopic (exact) mass is 211 g/mol. The van der Waals surface area contributed by atoms with Crippen LogP contribution in [-0.2, 0) is 0 Å². The summed E-state index contributed by atoms with van der Waals surface area (Å²) in [5.74, 6) is -0.664. The van der Waals surface area contributed by atoms with Gasteiger partial charge in [0.05, 0.1) is 16.8 Å². The van der Waals surface area contributed by atoms with Gasteiger partial charge in [-0.25, -0.2) is 4.98 Å². The highest BCUT2D eigenvalue weighted by molar-refractivity contribution is 5.68. The summed E-state index contributed by atoms with van der Waals surface area (Å²) in [7, 11) is 0. The van der Waals surface area contributed by atoms with Crippen LogP contribution in [0, 0.1) is 27.2 Å². The lowest BCUT2D eigenvalue weighted by atomic mass is 10.5. The summed E-state index contributed by atoms with van der Waals surface area (Å²) < 4.78 is 1.16. The first-order valence-electron chi connectivity index (χ1n) is 3.87. The number of H-pyrrole nitrogens is 1. The third-order valence-electron chi connectivity index (χ3n) is 1.85. The molecular weight excluding hydrogens is 206 g/mol. The minimum atomic E-state index is -0.845. The smallest absolute Gasteiger partial charge is 0.358 e. The lowest BCUT2D eigenvalue weighted by Gasteiger charge is -1.88. The van der Waals surface area contributed by atoms with Crippen molar-refractivity contribution < 1.29 is 9.85 Å². The van der Waals surface area contributed by atoms with Gasteiger partial charge >= 0.3 is 11.5 Å². The molecule has 0 fully saturated rings. The third kappa shape index (κ3) is 1.21. The molecule has 0 aliphatic carbocycles. The van der Waals surface area contributed by atoms with Crippen LogP contribution in [0.5, 0.6) is 0 Å². The van der Waals surface area contributed by atoms with Crippen LogP contribution in [-0.4, -0.2) is 24.4 Å². The second-order valence-corrected chi connectivity index (χ2v) is 2.90. The summed E-state index contributed by atoms with van der Waals surface area (Å²) in [6, 6.07) is 0. The molecule has 0 bridgehead atoms. The fraction of sp³-hybridized carbons (Fsp3) is 0.167. The van der Waals surface area contributed by atoms with Crippen molar-refractivity contribution in [2.75, 3.05) is 0 Å². The van der Waals surface area contributed by atoms with Crippen LogP contribution in [0.15, 0.2) is 6.20 Å². The highest BCUT2D eigenvalue weighted by Gasteiger charge is 2.32. The van der Waals surface area contributed by atoms with Crippen molar-refractivity contribution >= 4 is 17.2 Å². The van der Waals surface area contributed by atoms with Gasteiger partial charge in [-0.05, 0) is 11.8 Å². The van der Waals surface area contributed by atoms with Gasteiger partial charge < -0.3 is 10.1 Å². The first kappa shape index (κ1) is 9.12. The van der Waals surface area contributed by atoms with Crippen LogP contribution in [0.4, 0.5) is 11.5 Å². The maximum atomic E-state index is 10.6. The Hall–Kier alpha value is -2.45. The molecule has 0 atom stereocenters. The Labute approximate surface area is 81.6 Å². The number of imidazole rings is 1. The van der Waals surface area contributed by atoms with E-state index in [0.717, 1.165) is 4.52 Å². The number of nitrogens with one attached hydrogen (secondary N) is 1. The first-order chi connectivity index (χ1) is 7.00. The van der Waals surface area contributed by atoms with Gasteiger partial charge in [-0.15, -0.1) is 0 Å². The van der Waals surface area contributed by atoms with Crippen LogP contribution in [0.3, 0.4) is 0 Å². The normalized spacial score (nSPS) is 10.7. The number of aromatic nitrogens is 3. The van der Waals surface area contributed by atoms with Crippen molar-refractivity contribution in [3.05, 3.63) is 32.1 Å². The van der Waals surface area contributed by atoms with Crippen molar-refractivity contribution in [1.82, 2.24) is 14.6 Å². The van der Waals surface area contributed by atoms with E-state index in [1.807, 2.05) is 0 Å². The second-order valence-electron chi connectivity index (χ2n) is 2.90. The Morgan fingerprint density at radius 2 is 2.07 bits per heavy atom. The molecule has 0 aliphatic rings. The molecule has 2 heterocycles. The summed E-state index contributed by atoms with van der Waals surface area (Å²) in [4.78, 5) is 23.3. The number of nitrogens with zero attached hydrogens (tertiary/aromatic N) is 4. The largest absolute Gasteiger partial charge is 0.422 e. The molecule has 0 amide bonds. The van der Waals surface area contributed by atoms with Crippen molar-refractivity contribution in [3.63, 3.8) is 0 Å². The molecule has 0 radical (unpaired) electrons. The van der Waals surface area contributed by atoms with Gasteiger partial charge in [-0.3, -0.25) is 10.1 Å². The standard InChI is InChI=1S/C6H5N5O4/c1-3-2-9-5(7-3)4(10(12)13)6(8-9)11(14)15/h2,8H,1H3. The predicted octanol–water partition coefficient (Wildman–Crippen LogP) is 0.787. The van der Waals surface area contributed by atoms with Gasteiger partial charge in [0.1, 0.15) is 0 Å². The van der Waals surface area contributed by atoms with Crippen molar-refractivity contribution in [2.24, 2.45) is 0 Å². The van der Waals surface area contributed by atoms with Gasteiger partial charge in [0.15, 0.2) is 0 Å². The van der Waals surface area contributed by atoms with Crippen LogP contribution >= 0.6 is 0 Å². The average molecular weight is 211 g/mol. The molecule has 0 spiro atoms. The highest BCUT2D eigenvalue weighted by Crippen LogP contribution is 2.29. The van der Waals surface area contributed by atoms with Crippen LogP contribution in [0.2, 0.25) is 0 Å². The molecule has 9 nitrogen and oxygen atoms in total. The Bertz CT molecular complexity index is 567. The molecule has 15 heavy (non-hydrogen) atoms. The van der Waals surface area contributed by atoms with Gasteiger partial charge in [-0.2, -0.15) is 9.61 Å². The van der Waals surface area contributed by atoms with Crippen LogP contribution in [0.25, 0.3) is 5.65 Å². The SMILES string of the molecule is Cc1cn2[nH]c([N+](=O)[O-])c([N+](=O)[O-])c2n1. The molecule has 1 N–H and O–H groups in total. The van der Waals surface area contributed by atoms with E-state index in [-0.39, 0.29) is 5.65 Å². The van der Waals surface area contributed by atoms with E-state index in [0.29, 0.717) is 5.69 Å². The quantitative estimate of drug-likeness (QED) is 0.581. The number of aryl methyl sites for hydroxylation is 1. The van der Waals surface area contributed by atoms with E-state index in [4.69, 9.17) is 0 Å². The van der Waals surface area contributed by atoms with Crippen molar-refractivity contribution in [1.29, 1.82) is 0 Å². The number of hydrogen-bond acceptors (Lipinski definition) is 5. The number of nitro groups is 2. The third-order valence-corrected chi connectivity index (χ3v) is 1.85. The number of fused-ring (bicyclic) bond motifs is 1. The van der Waals surface area contributed by atoms with Crippen molar-refractivity contribution in [2.45, 2.75) is 6.92 Å². The van der Waals surface area contributed by atoms with E-state index >= 15 is 0 Å². The number of rotatable bonds is 2. The Morgan fingerprint density at radius 3 is 2.60 bits per heavy atom. The van der Waals surface area contributed by atoms with E-state index in [1.165, 1.54) is 6.20 Å². The number of aromatic amines is 1. The zero-order valence-corrected chi connectivity index (χ0v) is 7.50. The highest BCUT2D eigenvalue weighted by atomic mass is 16.6. The number of hydrogen-bond donors (Lipinski definition) is 1. The minimum absolute atomic E-state index is 0.0517. The average Bonchev–Trinajstić information content (AvgIpc) is 2.58. The summed E-state index contributed by atoms with van der Waals surface area (Å²) in [6.45, 7) is 1.64. The van der Waals surface area contributed by atoms with E-state index in [1.54, 1.807) is 6.92 Å². The van der Waals surface area contributed by atoms with E-state index in [2.05, 4.69) is 10.1 Å². The van der Waals surface area contributed by atoms with E-state index < -0.39 is 21.4 Å². The van der Waals surface area contributed by atoms with Crippen LogP contribution in [0.1, 0.15) is 5.69 Å². The van der Waals surface area contributed by atoms with E-state index in [9.17, 15) is 20.2 Å². The summed E-state index contributed by atoms with van der Waals surface area (Å²) in [6.07, 6.45) is 1.44. The minimum Gasteiger partial charge on any atom is -0.358 e.